The molecule has 4 nitrogen and oxygen atoms in total. The summed E-state index contributed by atoms with van der Waals surface area (Å²) in [6.45, 7) is 2.37. The van der Waals surface area contributed by atoms with Crippen molar-refractivity contribution in [2.45, 2.75) is 55.9 Å². The number of sulfonamides is 1. The van der Waals surface area contributed by atoms with Crippen molar-refractivity contribution in [1.29, 1.82) is 0 Å². The Bertz CT molecular complexity index is 537. The summed E-state index contributed by atoms with van der Waals surface area (Å²) in [6, 6.07) is 7.03. The Morgan fingerprint density at radius 2 is 1.71 bits per heavy atom. The Kier molecular flexibility index (Phi) is 6.66. The molecule has 0 radical (unpaired) electrons. The maximum Gasteiger partial charge on any atom is 0.240 e. The van der Waals surface area contributed by atoms with Crippen LogP contribution in [0.5, 0.6) is 0 Å². The Morgan fingerprint density at radius 3 is 2.24 bits per heavy atom. The van der Waals surface area contributed by atoms with E-state index in [1.165, 1.54) is 6.42 Å². The van der Waals surface area contributed by atoms with Gasteiger partial charge in [0.25, 0.3) is 0 Å². The van der Waals surface area contributed by atoms with Crippen molar-refractivity contribution >= 4 is 22.4 Å². The lowest BCUT2D eigenvalue weighted by molar-refractivity contribution is 0.296. The third-order valence-corrected chi connectivity index (χ3v) is 5.52. The van der Waals surface area contributed by atoms with Gasteiger partial charge in [0, 0.05) is 12.1 Å². The minimum absolute atomic E-state index is 0. The first kappa shape index (κ1) is 18.4. The van der Waals surface area contributed by atoms with E-state index in [2.05, 4.69) is 4.72 Å². The van der Waals surface area contributed by atoms with Crippen molar-refractivity contribution in [2.75, 3.05) is 6.54 Å². The SMILES string of the molecule is CCc1ccc(S(=O)(=O)NCC2(N)CCCCC2)cc1.Cl. The highest BCUT2D eigenvalue weighted by Gasteiger charge is 2.29. The normalized spacial score (nSPS) is 18.0. The van der Waals surface area contributed by atoms with Crippen molar-refractivity contribution in [2.24, 2.45) is 5.73 Å². The van der Waals surface area contributed by atoms with Gasteiger partial charge in [-0.15, -0.1) is 12.4 Å². The molecule has 0 unspecified atom stereocenters. The van der Waals surface area contributed by atoms with Gasteiger partial charge in [-0.3, -0.25) is 0 Å². The molecule has 21 heavy (non-hydrogen) atoms. The van der Waals surface area contributed by atoms with Crippen LogP contribution in [-0.2, 0) is 16.4 Å². The van der Waals surface area contributed by atoms with Gasteiger partial charge in [0.15, 0.2) is 0 Å². The minimum atomic E-state index is -3.45. The summed E-state index contributed by atoms with van der Waals surface area (Å²) in [5.74, 6) is 0. The van der Waals surface area contributed by atoms with Gasteiger partial charge < -0.3 is 5.73 Å². The number of nitrogens with two attached hydrogens (primary N) is 1. The molecule has 0 saturated heterocycles. The van der Waals surface area contributed by atoms with Crippen molar-refractivity contribution in [3.05, 3.63) is 29.8 Å². The molecule has 1 aliphatic rings. The monoisotopic (exact) mass is 332 g/mol. The molecule has 0 atom stereocenters. The van der Waals surface area contributed by atoms with Crippen LogP contribution in [0.25, 0.3) is 0 Å². The lowest BCUT2D eigenvalue weighted by Crippen LogP contribution is -2.51. The zero-order valence-electron chi connectivity index (χ0n) is 12.5. The van der Waals surface area contributed by atoms with E-state index in [0.29, 0.717) is 11.4 Å². The standard InChI is InChI=1S/C15H24N2O2S.ClH/c1-2-13-6-8-14(9-7-13)20(18,19)17-12-15(16)10-4-3-5-11-15;/h6-9,17H,2-5,10-12,16H2,1H3;1H. The van der Waals surface area contributed by atoms with Crippen molar-refractivity contribution < 1.29 is 8.42 Å². The molecule has 0 bridgehead atoms. The van der Waals surface area contributed by atoms with Crippen LogP contribution in [0.1, 0.15) is 44.6 Å². The number of hydrogen-bond donors (Lipinski definition) is 2. The van der Waals surface area contributed by atoms with Crippen molar-refractivity contribution in [1.82, 2.24) is 4.72 Å². The highest BCUT2D eigenvalue weighted by Crippen LogP contribution is 2.25. The lowest BCUT2D eigenvalue weighted by atomic mass is 9.83. The Hall–Kier alpha value is -0.620. The molecule has 0 spiro atoms. The van der Waals surface area contributed by atoms with E-state index in [-0.39, 0.29) is 17.9 Å². The maximum absolute atomic E-state index is 12.3. The summed E-state index contributed by atoms with van der Waals surface area (Å²) >= 11 is 0. The first-order valence-corrected chi connectivity index (χ1v) is 8.81. The van der Waals surface area contributed by atoms with Crippen LogP contribution in [0, 0.1) is 0 Å². The van der Waals surface area contributed by atoms with E-state index < -0.39 is 10.0 Å². The lowest BCUT2D eigenvalue weighted by Gasteiger charge is -2.33. The van der Waals surface area contributed by atoms with E-state index in [1.807, 2.05) is 19.1 Å². The molecule has 3 N–H and O–H groups in total. The first-order valence-electron chi connectivity index (χ1n) is 7.33. The van der Waals surface area contributed by atoms with Crippen LogP contribution >= 0.6 is 12.4 Å². The molecule has 0 aliphatic heterocycles. The molecule has 2 rings (SSSR count). The molecule has 0 aromatic heterocycles. The fraction of sp³-hybridized carbons (Fsp3) is 0.600. The fourth-order valence-electron chi connectivity index (χ4n) is 2.66. The van der Waals surface area contributed by atoms with Crippen LogP contribution in [0.15, 0.2) is 29.2 Å². The molecule has 1 aliphatic carbocycles. The molecular weight excluding hydrogens is 308 g/mol. The summed E-state index contributed by atoms with van der Waals surface area (Å²) in [7, 11) is -3.45. The average Bonchev–Trinajstić information content (AvgIpc) is 2.46. The van der Waals surface area contributed by atoms with Gasteiger partial charge in [-0.1, -0.05) is 38.3 Å². The molecule has 1 saturated carbocycles. The summed E-state index contributed by atoms with van der Waals surface area (Å²) in [5.41, 5.74) is 7.01. The number of hydrogen-bond acceptors (Lipinski definition) is 3. The number of halogens is 1. The van der Waals surface area contributed by atoms with E-state index in [1.54, 1.807) is 12.1 Å². The van der Waals surface area contributed by atoms with Crippen molar-refractivity contribution in [3.63, 3.8) is 0 Å². The molecule has 1 fully saturated rings. The fourth-order valence-corrected chi connectivity index (χ4v) is 3.80. The second-order valence-electron chi connectivity index (χ2n) is 5.75. The topological polar surface area (TPSA) is 72.2 Å². The predicted molar refractivity (Wildman–Crippen MR) is 88.3 cm³/mol. The van der Waals surface area contributed by atoms with Gasteiger partial charge in [0.05, 0.1) is 4.90 Å². The zero-order chi connectivity index (χ0) is 14.6. The van der Waals surface area contributed by atoms with Gasteiger partial charge >= 0.3 is 0 Å². The van der Waals surface area contributed by atoms with Gasteiger partial charge in [0.1, 0.15) is 0 Å². The highest BCUT2D eigenvalue weighted by atomic mass is 35.5. The van der Waals surface area contributed by atoms with E-state index >= 15 is 0 Å². The third kappa shape index (κ3) is 4.95. The quantitative estimate of drug-likeness (QED) is 0.870. The van der Waals surface area contributed by atoms with Gasteiger partial charge in [-0.25, -0.2) is 13.1 Å². The molecule has 1 aromatic rings. The largest absolute Gasteiger partial charge is 0.324 e. The van der Waals surface area contributed by atoms with E-state index in [4.69, 9.17) is 5.73 Å². The Labute approximate surface area is 134 Å². The van der Waals surface area contributed by atoms with Gasteiger partial charge in [-0.2, -0.15) is 0 Å². The predicted octanol–water partition coefficient (Wildman–Crippen LogP) is 2.61. The average molecular weight is 333 g/mol. The van der Waals surface area contributed by atoms with E-state index in [9.17, 15) is 8.42 Å². The first-order chi connectivity index (χ1) is 9.45. The van der Waals surface area contributed by atoms with Crippen LogP contribution in [0.2, 0.25) is 0 Å². The smallest absolute Gasteiger partial charge is 0.240 e. The van der Waals surface area contributed by atoms with E-state index in [0.717, 1.165) is 37.7 Å². The zero-order valence-corrected chi connectivity index (χ0v) is 14.1. The molecule has 0 amide bonds. The van der Waals surface area contributed by atoms with Crippen molar-refractivity contribution in [3.8, 4) is 0 Å². The number of benzene rings is 1. The second kappa shape index (κ2) is 7.58. The molecule has 120 valence electrons. The summed E-state index contributed by atoms with van der Waals surface area (Å²) < 4.78 is 27.2. The van der Waals surface area contributed by atoms with Crippen LogP contribution in [-0.4, -0.2) is 20.5 Å². The molecule has 6 heteroatoms. The molecule has 0 heterocycles. The Balaban J connectivity index is 0.00000220. The van der Waals surface area contributed by atoms with Crippen LogP contribution in [0.4, 0.5) is 0 Å². The van der Waals surface area contributed by atoms with Crippen LogP contribution in [0.3, 0.4) is 0 Å². The summed E-state index contributed by atoms with van der Waals surface area (Å²) in [4.78, 5) is 0.314. The molecular formula is C15H25ClN2O2S. The third-order valence-electron chi connectivity index (χ3n) is 4.11. The molecule has 1 aromatic carbocycles. The highest BCUT2D eigenvalue weighted by molar-refractivity contribution is 7.89. The second-order valence-corrected chi connectivity index (χ2v) is 7.51. The summed E-state index contributed by atoms with van der Waals surface area (Å²) in [5, 5.41) is 0. The number of rotatable bonds is 5. The Morgan fingerprint density at radius 1 is 1.14 bits per heavy atom. The van der Waals surface area contributed by atoms with Crippen LogP contribution < -0.4 is 10.5 Å². The van der Waals surface area contributed by atoms with Gasteiger partial charge in [-0.05, 0) is 37.0 Å². The maximum atomic E-state index is 12.3. The van der Waals surface area contributed by atoms with Gasteiger partial charge in [0.2, 0.25) is 10.0 Å². The number of aryl methyl sites for hydroxylation is 1. The number of nitrogens with one attached hydrogen (secondary N) is 1. The summed E-state index contributed by atoms with van der Waals surface area (Å²) in [6.07, 6.45) is 6.06. The minimum Gasteiger partial charge on any atom is -0.324 e.